The van der Waals surface area contributed by atoms with Gasteiger partial charge in [-0.3, -0.25) is 0 Å². The minimum Gasteiger partial charge on any atom is -0.393 e. The summed E-state index contributed by atoms with van der Waals surface area (Å²) in [5, 5.41) is 14.1. The molecule has 0 aromatic carbocycles. The Bertz CT molecular complexity index is 776. The van der Waals surface area contributed by atoms with Crippen LogP contribution in [0.1, 0.15) is 26.5 Å². The van der Waals surface area contributed by atoms with Crippen molar-refractivity contribution >= 4 is 11.3 Å². The normalized spacial score (nSPS) is 35.7. The molecule has 4 rings (SSSR count). The van der Waals surface area contributed by atoms with Crippen LogP contribution >= 0.6 is 0 Å². The van der Waals surface area contributed by atoms with Crippen molar-refractivity contribution in [1.82, 2.24) is 14.6 Å². The van der Waals surface area contributed by atoms with Crippen molar-refractivity contribution in [2.45, 2.75) is 43.9 Å². The minimum absolute atomic E-state index is 0.167. The van der Waals surface area contributed by atoms with E-state index in [4.69, 9.17) is 19.9 Å². The van der Waals surface area contributed by atoms with Gasteiger partial charge in [0.25, 0.3) is 0 Å². The average molecular weight is 320 g/mol. The number of ether oxygens (including phenoxy) is 3. The molecule has 2 aliphatic heterocycles. The smallest absolute Gasteiger partial charge is 0.165 e. The van der Waals surface area contributed by atoms with Crippen LogP contribution < -0.4 is 5.73 Å². The summed E-state index contributed by atoms with van der Waals surface area (Å²) >= 11 is 0. The van der Waals surface area contributed by atoms with Crippen LogP contribution in [0.15, 0.2) is 18.5 Å². The number of anilines is 1. The van der Waals surface area contributed by atoms with Crippen LogP contribution in [0.4, 0.5) is 5.82 Å². The topological polar surface area (TPSA) is 104 Å². The Morgan fingerprint density at radius 1 is 1.39 bits per heavy atom. The number of aliphatic hydroxyl groups is 1. The first-order chi connectivity index (χ1) is 10.8. The fourth-order valence-corrected chi connectivity index (χ4v) is 3.63. The molecule has 2 fully saturated rings. The molecule has 8 heteroatoms. The van der Waals surface area contributed by atoms with Crippen molar-refractivity contribution in [2.75, 3.05) is 18.9 Å². The van der Waals surface area contributed by atoms with Crippen LogP contribution in [0, 0.1) is 0 Å². The van der Waals surface area contributed by atoms with Crippen LogP contribution in [-0.4, -0.2) is 50.4 Å². The van der Waals surface area contributed by atoms with Gasteiger partial charge in [0.2, 0.25) is 0 Å². The van der Waals surface area contributed by atoms with E-state index in [2.05, 4.69) is 10.1 Å². The number of nitrogens with zero attached hydrogens (tertiary/aromatic N) is 3. The molecule has 2 aromatic rings. The molecular weight excluding hydrogens is 300 g/mol. The SMILES string of the molecule is CC1(C)O[C@@H]2[C@@](C)(CO)OC[C@@]2(c2ccc3c(N)ncnn23)O1. The molecule has 0 bridgehead atoms. The highest BCUT2D eigenvalue weighted by Crippen LogP contribution is 2.53. The highest BCUT2D eigenvalue weighted by molar-refractivity contribution is 5.65. The number of aliphatic hydroxyl groups excluding tert-OH is 1. The molecule has 0 aliphatic carbocycles. The average Bonchev–Trinajstić information content (AvgIpc) is 3.12. The van der Waals surface area contributed by atoms with Crippen molar-refractivity contribution < 1.29 is 19.3 Å². The largest absolute Gasteiger partial charge is 0.393 e. The highest BCUT2D eigenvalue weighted by Gasteiger charge is 2.67. The summed E-state index contributed by atoms with van der Waals surface area (Å²) in [6.45, 7) is 5.62. The molecule has 0 saturated carbocycles. The van der Waals surface area contributed by atoms with Gasteiger partial charge >= 0.3 is 0 Å². The molecule has 8 nitrogen and oxygen atoms in total. The molecule has 0 unspecified atom stereocenters. The summed E-state index contributed by atoms with van der Waals surface area (Å²) in [7, 11) is 0. The van der Waals surface area contributed by atoms with Gasteiger partial charge in [-0.05, 0) is 32.9 Å². The molecule has 2 aromatic heterocycles. The second kappa shape index (κ2) is 4.41. The van der Waals surface area contributed by atoms with Gasteiger partial charge in [-0.25, -0.2) is 9.50 Å². The lowest BCUT2D eigenvalue weighted by molar-refractivity contribution is -0.208. The Balaban J connectivity index is 1.92. The lowest BCUT2D eigenvalue weighted by atomic mass is 9.86. The van der Waals surface area contributed by atoms with Gasteiger partial charge in [-0.1, -0.05) is 0 Å². The molecule has 0 amide bonds. The van der Waals surface area contributed by atoms with E-state index in [9.17, 15) is 5.11 Å². The Labute approximate surface area is 133 Å². The summed E-state index contributed by atoms with van der Waals surface area (Å²) in [6, 6.07) is 3.74. The summed E-state index contributed by atoms with van der Waals surface area (Å²) < 4.78 is 19.9. The Morgan fingerprint density at radius 3 is 2.91 bits per heavy atom. The Morgan fingerprint density at radius 2 is 2.17 bits per heavy atom. The van der Waals surface area contributed by atoms with E-state index in [1.165, 1.54) is 6.33 Å². The van der Waals surface area contributed by atoms with Gasteiger partial charge < -0.3 is 25.1 Å². The van der Waals surface area contributed by atoms with Crippen LogP contribution in [0.2, 0.25) is 0 Å². The standard InChI is InChI=1S/C15H20N4O4/c1-13(2)22-12-14(3,6-20)21-7-15(12,23-13)10-5-4-9-11(16)17-8-18-19(9)10/h4-5,8,12,20H,6-7H2,1-3H3,(H2,16,17,18)/t12-,14-,15+/m1/s1. The lowest BCUT2D eigenvalue weighted by Crippen LogP contribution is -2.47. The van der Waals surface area contributed by atoms with E-state index in [-0.39, 0.29) is 13.2 Å². The monoisotopic (exact) mass is 320 g/mol. The predicted molar refractivity (Wildman–Crippen MR) is 80.6 cm³/mol. The first kappa shape index (κ1) is 14.8. The molecular formula is C15H20N4O4. The van der Waals surface area contributed by atoms with Gasteiger partial charge in [-0.2, -0.15) is 5.10 Å². The first-order valence-electron chi connectivity index (χ1n) is 7.53. The van der Waals surface area contributed by atoms with Gasteiger partial charge in [0.1, 0.15) is 23.5 Å². The number of nitrogens with two attached hydrogens (primary N) is 1. The van der Waals surface area contributed by atoms with Gasteiger partial charge in [0.15, 0.2) is 17.2 Å². The second-order valence-electron chi connectivity index (χ2n) is 6.81. The number of hydrogen-bond acceptors (Lipinski definition) is 7. The summed E-state index contributed by atoms with van der Waals surface area (Å²) in [5.41, 5.74) is 5.67. The summed E-state index contributed by atoms with van der Waals surface area (Å²) in [6.07, 6.45) is 0.934. The molecule has 23 heavy (non-hydrogen) atoms. The maximum absolute atomic E-state index is 9.80. The van der Waals surface area contributed by atoms with Crippen molar-refractivity contribution in [3.05, 3.63) is 24.2 Å². The molecule has 2 aliphatic rings. The van der Waals surface area contributed by atoms with Crippen molar-refractivity contribution in [3.63, 3.8) is 0 Å². The van der Waals surface area contributed by atoms with Crippen LogP contribution in [0.25, 0.3) is 5.52 Å². The molecule has 3 atom stereocenters. The van der Waals surface area contributed by atoms with E-state index in [0.717, 1.165) is 5.69 Å². The number of nitrogen functional groups attached to an aromatic ring is 1. The third-order valence-electron chi connectivity index (χ3n) is 4.65. The lowest BCUT2D eigenvalue weighted by Gasteiger charge is -2.29. The Kier molecular flexibility index (Phi) is 2.85. The zero-order valence-electron chi connectivity index (χ0n) is 13.3. The van der Waals surface area contributed by atoms with Gasteiger partial charge in [0, 0.05) is 0 Å². The minimum atomic E-state index is -0.867. The van der Waals surface area contributed by atoms with Crippen molar-refractivity contribution in [2.24, 2.45) is 0 Å². The third-order valence-corrected chi connectivity index (χ3v) is 4.65. The van der Waals surface area contributed by atoms with Crippen molar-refractivity contribution in [3.8, 4) is 0 Å². The first-order valence-corrected chi connectivity index (χ1v) is 7.53. The van der Waals surface area contributed by atoms with Crippen molar-refractivity contribution in [1.29, 1.82) is 0 Å². The second-order valence-corrected chi connectivity index (χ2v) is 6.81. The number of rotatable bonds is 2. The zero-order valence-corrected chi connectivity index (χ0v) is 13.3. The fraction of sp³-hybridized carbons (Fsp3) is 0.600. The summed E-state index contributed by atoms with van der Waals surface area (Å²) in [4.78, 5) is 4.01. The van der Waals surface area contributed by atoms with E-state index in [1.54, 1.807) is 4.52 Å². The number of hydrogen-bond donors (Lipinski definition) is 2. The number of aromatic nitrogens is 3. The predicted octanol–water partition coefficient (Wildman–Crippen LogP) is 0.439. The Hall–Kier alpha value is -1.74. The van der Waals surface area contributed by atoms with Crippen LogP contribution in [0.5, 0.6) is 0 Å². The molecule has 3 N–H and O–H groups in total. The van der Waals surface area contributed by atoms with E-state index in [0.29, 0.717) is 11.3 Å². The zero-order chi connectivity index (χ0) is 16.5. The van der Waals surface area contributed by atoms with Gasteiger partial charge in [-0.15, -0.1) is 0 Å². The summed E-state index contributed by atoms with van der Waals surface area (Å²) in [5.74, 6) is -0.408. The quantitative estimate of drug-likeness (QED) is 0.827. The van der Waals surface area contributed by atoms with E-state index in [1.807, 2.05) is 32.9 Å². The maximum Gasteiger partial charge on any atom is 0.165 e. The molecule has 2 saturated heterocycles. The van der Waals surface area contributed by atoms with E-state index < -0.39 is 23.1 Å². The van der Waals surface area contributed by atoms with Crippen LogP contribution in [-0.2, 0) is 19.8 Å². The molecule has 4 heterocycles. The molecule has 0 spiro atoms. The molecule has 0 radical (unpaired) electrons. The fourth-order valence-electron chi connectivity index (χ4n) is 3.63. The van der Waals surface area contributed by atoms with Crippen LogP contribution in [0.3, 0.4) is 0 Å². The number of fused-ring (bicyclic) bond motifs is 2. The highest BCUT2D eigenvalue weighted by atomic mass is 16.8. The third kappa shape index (κ3) is 1.86. The molecule has 124 valence electrons. The van der Waals surface area contributed by atoms with Gasteiger partial charge in [0.05, 0.1) is 18.9 Å². The maximum atomic E-state index is 9.80. The van der Waals surface area contributed by atoms with E-state index >= 15 is 0 Å².